The van der Waals surface area contributed by atoms with Gasteiger partial charge in [-0.15, -0.1) is 0 Å². The summed E-state index contributed by atoms with van der Waals surface area (Å²) in [5, 5.41) is 3.37. The van der Waals surface area contributed by atoms with Crippen molar-refractivity contribution in [3.63, 3.8) is 0 Å². The van der Waals surface area contributed by atoms with E-state index in [4.69, 9.17) is 16.6 Å². The number of benzene rings is 1. The molecule has 4 heterocycles. The van der Waals surface area contributed by atoms with Crippen molar-refractivity contribution in [2.24, 2.45) is 0 Å². The summed E-state index contributed by atoms with van der Waals surface area (Å²) in [4.78, 5) is 18.2. The zero-order valence-corrected chi connectivity index (χ0v) is 22.3. The van der Waals surface area contributed by atoms with Gasteiger partial charge in [-0.1, -0.05) is 18.2 Å². The Bertz CT molecular complexity index is 1290. The molecule has 0 bridgehead atoms. The van der Waals surface area contributed by atoms with Crippen LogP contribution >= 0.6 is 11.6 Å². The van der Waals surface area contributed by atoms with E-state index >= 15 is 0 Å². The number of anilines is 3. The van der Waals surface area contributed by atoms with Gasteiger partial charge in [0.2, 0.25) is 5.95 Å². The summed E-state index contributed by atoms with van der Waals surface area (Å²) < 4.78 is 28.0. The number of pyridine rings is 1. The van der Waals surface area contributed by atoms with Crippen molar-refractivity contribution >= 4 is 46.1 Å². The first kappa shape index (κ1) is 25.7. The van der Waals surface area contributed by atoms with Gasteiger partial charge < -0.3 is 14.8 Å². The van der Waals surface area contributed by atoms with Gasteiger partial charge >= 0.3 is 0 Å². The lowest BCUT2D eigenvalue weighted by atomic mass is 9.95. The molecule has 11 heteroatoms. The summed E-state index contributed by atoms with van der Waals surface area (Å²) in [6.07, 6.45) is 7.15. The SMILES string of the molecule is C=C(c1ccnc(N[S+](C)[O-])c1)N1CC[C@@H](N2Cc3cnc(Nc4cc(F)cc(Cl)c4)nc3C2)C[C@H]1C. The molecule has 2 aliphatic rings. The van der Waals surface area contributed by atoms with Crippen molar-refractivity contribution in [1.29, 1.82) is 0 Å². The maximum Gasteiger partial charge on any atom is 0.227 e. The van der Waals surface area contributed by atoms with Gasteiger partial charge in [0.25, 0.3) is 0 Å². The summed E-state index contributed by atoms with van der Waals surface area (Å²) >= 11 is 4.78. The zero-order chi connectivity index (χ0) is 26.1. The van der Waals surface area contributed by atoms with Crippen molar-refractivity contribution in [2.45, 2.75) is 44.9 Å². The Morgan fingerprint density at radius 3 is 2.84 bits per heavy atom. The van der Waals surface area contributed by atoms with Crippen LogP contribution in [0.25, 0.3) is 5.70 Å². The molecule has 0 saturated carbocycles. The molecular weight excluding hydrogens is 513 g/mol. The van der Waals surface area contributed by atoms with Crippen molar-refractivity contribution in [1.82, 2.24) is 24.8 Å². The Labute approximate surface area is 224 Å². The van der Waals surface area contributed by atoms with Gasteiger partial charge in [-0.05, 0) is 50.1 Å². The molecule has 3 atom stereocenters. The summed E-state index contributed by atoms with van der Waals surface area (Å²) in [5.41, 5.74) is 4.54. The molecule has 1 fully saturated rings. The van der Waals surface area contributed by atoms with Crippen LogP contribution in [0.15, 0.2) is 49.3 Å². The molecule has 3 aromatic rings. The topological polar surface area (TPSA) is 92.3 Å². The zero-order valence-electron chi connectivity index (χ0n) is 20.7. The molecule has 1 saturated heterocycles. The van der Waals surface area contributed by atoms with Crippen LogP contribution in [-0.2, 0) is 24.5 Å². The Morgan fingerprint density at radius 2 is 2.08 bits per heavy atom. The predicted octanol–water partition coefficient (Wildman–Crippen LogP) is 4.95. The minimum Gasteiger partial charge on any atom is -0.593 e. The molecule has 0 spiro atoms. The number of likely N-dealkylation sites (tertiary alicyclic amines) is 1. The van der Waals surface area contributed by atoms with Crippen molar-refractivity contribution in [3.8, 4) is 0 Å². The molecule has 1 unspecified atom stereocenters. The van der Waals surface area contributed by atoms with Crippen molar-refractivity contribution < 1.29 is 8.94 Å². The number of nitrogens with one attached hydrogen (secondary N) is 2. The quantitative estimate of drug-likeness (QED) is 0.406. The maximum absolute atomic E-state index is 13.7. The van der Waals surface area contributed by atoms with Crippen LogP contribution in [0.5, 0.6) is 0 Å². The molecular formula is C26H29ClFN7OS. The first-order valence-electron chi connectivity index (χ1n) is 12.1. The normalized spacial score (nSPS) is 20.4. The van der Waals surface area contributed by atoms with Crippen molar-refractivity contribution in [3.05, 3.63) is 77.0 Å². The van der Waals surface area contributed by atoms with Gasteiger partial charge in [0.05, 0.1) is 17.1 Å². The molecule has 0 amide bonds. The number of nitrogens with zero attached hydrogens (tertiary/aromatic N) is 5. The van der Waals surface area contributed by atoms with E-state index in [1.807, 2.05) is 18.3 Å². The lowest BCUT2D eigenvalue weighted by molar-refractivity contribution is 0.102. The van der Waals surface area contributed by atoms with E-state index in [1.54, 1.807) is 18.5 Å². The molecule has 1 aromatic carbocycles. The second kappa shape index (κ2) is 10.8. The lowest BCUT2D eigenvalue weighted by Gasteiger charge is -2.43. The van der Waals surface area contributed by atoms with Crippen LogP contribution in [0.1, 0.15) is 36.6 Å². The molecule has 0 aliphatic carbocycles. The number of rotatable bonds is 7. The minimum absolute atomic E-state index is 0.306. The van der Waals surface area contributed by atoms with E-state index < -0.39 is 17.2 Å². The Kier molecular flexibility index (Phi) is 7.52. The Hall–Kier alpha value is -2.92. The fraction of sp³-hybridized carbons (Fsp3) is 0.346. The Morgan fingerprint density at radius 1 is 1.24 bits per heavy atom. The number of hydrogen-bond donors (Lipinski definition) is 2. The highest BCUT2D eigenvalue weighted by molar-refractivity contribution is 7.92. The van der Waals surface area contributed by atoms with Gasteiger partial charge in [0.1, 0.15) is 12.1 Å². The molecule has 2 aliphatic heterocycles. The summed E-state index contributed by atoms with van der Waals surface area (Å²) in [7, 11) is 0. The highest BCUT2D eigenvalue weighted by Gasteiger charge is 2.33. The fourth-order valence-electron chi connectivity index (χ4n) is 5.11. The van der Waals surface area contributed by atoms with Gasteiger partial charge in [-0.2, -0.15) is 4.72 Å². The van der Waals surface area contributed by atoms with E-state index in [0.29, 0.717) is 34.6 Å². The second-order valence-corrected chi connectivity index (χ2v) is 11.1. The van der Waals surface area contributed by atoms with E-state index in [1.165, 1.54) is 12.1 Å². The number of aromatic nitrogens is 3. The van der Waals surface area contributed by atoms with Gasteiger partial charge in [0.15, 0.2) is 5.82 Å². The van der Waals surface area contributed by atoms with Gasteiger partial charge in [-0.25, -0.2) is 19.3 Å². The molecule has 2 aromatic heterocycles. The van der Waals surface area contributed by atoms with E-state index in [2.05, 4.69) is 43.3 Å². The van der Waals surface area contributed by atoms with Crippen LogP contribution < -0.4 is 10.0 Å². The van der Waals surface area contributed by atoms with Gasteiger partial charge in [0, 0.05) is 71.6 Å². The molecule has 5 rings (SSSR count). The molecule has 0 radical (unpaired) electrons. The van der Waals surface area contributed by atoms with Crippen LogP contribution in [0.2, 0.25) is 5.02 Å². The van der Waals surface area contributed by atoms with Crippen LogP contribution in [0.3, 0.4) is 0 Å². The predicted molar refractivity (Wildman–Crippen MR) is 146 cm³/mol. The molecule has 8 nitrogen and oxygen atoms in total. The third-order valence-electron chi connectivity index (χ3n) is 6.85. The monoisotopic (exact) mass is 541 g/mol. The molecule has 2 N–H and O–H groups in total. The van der Waals surface area contributed by atoms with Crippen molar-refractivity contribution in [2.75, 3.05) is 22.8 Å². The molecule has 37 heavy (non-hydrogen) atoms. The third-order valence-corrected chi connectivity index (χ3v) is 7.57. The van der Waals surface area contributed by atoms with Crippen LogP contribution in [0.4, 0.5) is 21.8 Å². The summed E-state index contributed by atoms with van der Waals surface area (Å²) in [6, 6.07) is 8.82. The van der Waals surface area contributed by atoms with Crippen LogP contribution in [0, 0.1) is 5.82 Å². The molecule has 194 valence electrons. The largest absolute Gasteiger partial charge is 0.593 e. The first-order valence-corrected chi connectivity index (χ1v) is 14.0. The van der Waals surface area contributed by atoms with Crippen LogP contribution in [-0.4, -0.2) is 54.2 Å². The number of halogens is 2. The van der Waals surface area contributed by atoms with E-state index in [-0.39, 0.29) is 0 Å². The smallest absolute Gasteiger partial charge is 0.227 e. The third kappa shape index (κ3) is 5.98. The highest BCUT2D eigenvalue weighted by Crippen LogP contribution is 2.33. The summed E-state index contributed by atoms with van der Waals surface area (Å²) in [6.45, 7) is 9.04. The van der Waals surface area contributed by atoms with E-state index in [9.17, 15) is 8.94 Å². The average molecular weight is 542 g/mol. The highest BCUT2D eigenvalue weighted by atomic mass is 35.5. The first-order chi connectivity index (χ1) is 17.7. The van der Waals surface area contributed by atoms with E-state index in [0.717, 1.165) is 55.0 Å². The minimum atomic E-state index is -1.18. The Balaban J connectivity index is 1.21. The second-order valence-electron chi connectivity index (χ2n) is 9.51. The number of fused-ring (bicyclic) bond motifs is 1. The van der Waals surface area contributed by atoms with Gasteiger partial charge in [-0.3, -0.25) is 4.90 Å². The lowest BCUT2D eigenvalue weighted by Crippen LogP contribution is -2.46. The number of piperidine rings is 1. The summed E-state index contributed by atoms with van der Waals surface area (Å²) in [5.74, 6) is 0.594. The standard InChI is InChI=1S/C26H29ClFN7OS/c1-16-8-23(5-7-35(16)17(2)18-4-6-29-25(9-18)33-37(3)36)34-14-19-13-30-26(32-24(19)15-34)31-22-11-20(27)10-21(28)12-22/h4,6,9-13,16,23H,2,5,7-8,14-15H2,1,3H3,(H,29,33)(H,30,31,32)/t16-,23-,37?/m1/s1. The average Bonchev–Trinajstić information content (AvgIpc) is 3.26. The fourth-order valence-corrected chi connectivity index (χ4v) is 5.74. The number of hydrogen-bond acceptors (Lipinski definition) is 8. The maximum atomic E-state index is 13.7.